The molecular formula is C29H36N4O6S. The number of aromatic nitrogens is 1. The minimum Gasteiger partial charge on any atom is -0.373 e. The predicted molar refractivity (Wildman–Crippen MR) is 153 cm³/mol. The highest BCUT2D eigenvalue weighted by molar-refractivity contribution is 8.13. The van der Waals surface area contributed by atoms with Gasteiger partial charge in [0.2, 0.25) is 5.91 Å². The van der Waals surface area contributed by atoms with Crippen LogP contribution < -0.4 is 16.0 Å². The fourth-order valence-corrected chi connectivity index (χ4v) is 4.63. The SMILES string of the molecule is C/C=C1\NC(=O)c2cc(C)cc(n2)CNC(=O)C[C@@H](/C=C/CCSC(C)=O)OC(O)[C@H](c2ccccc2)NC1O. The molecule has 1 aliphatic heterocycles. The number of hydrogen-bond donors (Lipinski definition) is 5. The number of carbonyl (C=O) groups excluding carboxylic acids is 3. The topological polar surface area (TPSA) is 150 Å². The molecule has 1 aromatic carbocycles. The Morgan fingerprint density at radius 2 is 1.95 bits per heavy atom. The molecule has 2 unspecified atom stereocenters. The Morgan fingerprint density at radius 1 is 1.20 bits per heavy atom. The Balaban J connectivity index is 1.95. The molecule has 2 heterocycles. The summed E-state index contributed by atoms with van der Waals surface area (Å²) in [6.45, 7) is 5.07. The molecule has 1 aliphatic rings. The third-order valence-corrected chi connectivity index (χ3v) is 6.85. The van der Waals surface area contributed by atoms with Crippen molar-refractivity contribution in [3.8, 4) is 0 Å². The van der Waals surface area contributed by atoms with Gasteiger partial charge in [0.25, 0.3) is 5.91 Å². The number of fused-ring (bicyclic) bond motifs is 2. The quantitative estimate of drug-likeness (QED) is 0.271. The van der Waals surface area contributed by atoms with Crippen molar-refractivity contribution < 1.29 is 29.3 Å². The van der Waals surface area contributed by atoms with E-state index in [1.807, 2.05) is 13.0 Å². The maximum atomic E-state index is 13.0. The average molecular weight is 569 g/mol. The lowest BCUT2D eigenvalue weighted by atomic mass is 10.1. The second kappa shape index (κ2) is 15.4. The van der Waals surface area contributed by atoms with Gasteiger partial charge in [-0.15, -0.1) is 0 Å². The Hall–Kier alpha value is -3.35. The van der Waals surface area contributed by atoms with Crippen LogP contribution in [0, 0.1) is 6.92 Å². The van der Waals surface area contributed by atoms with Gasteiger partial charge >= 0.3 is 0 Å². The molecule has 2 amide bonds. The monoisotopic (exact) mass is 568 g/mol. The number of hydrogen-bond acceptors (Lipinski definition) is 9. The first kappa shape index (κ1) is 31.2. The lowest BCUT2D eigenvalue weighted by Gasteiger charge is -2.30. The van der Waals surface area contributed by atoms with E-state index in [1.54, 1.807) is 61.5 Å². The number of aliphatic hydroxyl groups is 2. The van der Waals surface area contributed by atoms with E-state index in [2.05, 4.69) is 20.9 Å². The van der Waals surface area contributed by atoms with Gasteiger partial charge in [-0.25, -0.2) is 4.98 Å². The molecule has 5 N–H and O–H groups in total. The summed E-state index contributed by atoms with van der Waals surface area (Å²) >= 11 is 1.20. The molecule has 0 aliphatic carbocycles. The Kier molecular flexibility index (Phi) is 12.0. The summed E-state index contributed by atoms with van der Waals surface area (Å²) in [7, 11) is 0. The van der Waals surface area contributed by atoms with E-state index in [0.29, 0.717) is 23.4 Å². The maximum absolute atomic E-state index is 13.0. The normalized spacial score (nSPS) is 24.1. The van der Waals surface area contributed by atoms with Crippen LogP contribution in [0.2, 0.25) is 0 Å². The molecule has 1 aromatic heterocycles. The summed E-state index contributed by atoms with van der Waals surface area (Å²) in [6.07, 6.45) is 1.84. The van der Waals surface area contributed by atoms with Gasteiger partial charge in [-0.05, 0) is 43.5 Å². The van der Waals surface area contributed by atoms with Gasteiger partial charge in [-0.1, -0.05) is 60.3 Å². The Bertz CT molecular complexity index is 1240. The number of amides is 2. The minimum atomic E-state index is -1.48. The third-order valence-electron chi connectivity index (χ3n) is 6.01. The van der Waals surface area contributed by atoms with E-state index in [4.69, 9.17) is 4.74 Å². The zero-order valence-corrected chi connectivity index (χ0v) is 23.6. The highest BCUT2D eigenvalue weighted by Gasteiger charge is 2.29. The van der Waals surface area contributed by atoms with Crippen LogP contribution >= 0.6 is 11.8 Å². The van der Waals surface area contributed by atoms with Crippen molar-refractivity contribution in [3.63, 3.8) is 0 Å². The minimum absolute atomic E-state index is 0.0177. The molecule has 3 rings (SSSR count). The molecule has 11 heteroatoms. The first-order valence-electron chi connectivity index (χ1n) is 13.0. The largest absolute Gasteiger partial charge is 0.373 e. The summed E-state index contributed by atoms with van der Waals surface area (Å²) < 4.78 is 5.96. The molecule has 40 heavy (non-hydrogen) atoms. The van der Waals surface area contributed by atoms with Gasteiger partial charge in [0.15, 0.2) is 11.4 Å². The molecule has 0 saturated carbocycles. The van der Waals surface area contributed by atoms with E-state index in [0.717, 1.165) is 5.56 Å². The van der Waals surface area contributed by atoms with Crippen molar-refractivity contribution in [1.29, 1.82) is 0 Å². The fourth-order valence-electron chi connectivity index (χ4n) is 4.09. The van der Waals surface area contributed by atoms with Crippen molar-refractivity contribution >= 4 is 28.7 Å². The summed E-state index contributed by atoms with van der Waals surface area (Å²) in [5, 5.41) is 30.7. The smallest absolute Gasteiger partial charge is 0.274 e. The number of benzene rings is 1. The molecule has 0 fully saturated rings. The molecule has 214 valence electrons. The zero-order chi connectivity index (χ0) is 29.1. The molecule has 2 aromatic rings. The van der Waals surface area contributed by atoms with E-state index in [1.165, 1.54) is 18.7 Å². The number of aliphatic hydroxyl groups excluding tert-OH is 2. The van der Waals surface area contributed by atoms with Crippen molar-refractivity contribution in [2.75, 3.05) is 5.75 Å². The van der Waals surface area contributed by atoms with E-state index in [9.17, 15) is 24.6 Å². The van der Waals surface area contributed by atoms with Gasteiger partial charge in [0.05, 0.1) is 36.5 Å². The number of nitrogens with zero attached hydrogens (tertiary/aromatic N) is 1. The number of carbonyl (C=O) groups is 3. The second-order valence-electron chi connectivity index (χ2n) is 9.28. The molecule has 10 nitrogen and oxygen atoms in total. The van der Waals surface area contributed by atoms with Crippen molar-refractivity contribution in [3.05, 3.63) is 88.9 Å². The van der Waals surface area contributed by atoms with Gasteiger partial charge < -0.3 is 25.6 Å². The molecule has 0 saturated heterocycles. The predicted octanol–water partition coefficient (Wildman–Crippen LogP) is 2.62. The van der Waals surface area contributed by atoms with E-state index >= 15 is 0 Å². The van der Waals surface area contributed by atoms with E-state index < -0.39 is 30.6 Å². The summed E-state index contributed by atoms with van der Waals surface area (Å²) in [4.78, 5) is 41.5. The lowest BCUT2D eigenvalue weighted by Crippen LogP contribution is -2.45. The molecule has 0 radical (unpaired) electrons. The number of nitrogens with one attached hydrogen (secondary N) is 3. The third kappa shape index (κ3) is 9.68. The van der Waals surface area contributed by atoms with Crippen LogP contribution in [0.15, 0.2) is 66.4 Å². The van der Waals surface area contributed by atoms with Gasteiger partial charge in [-0.3, -0.25) is 19.7 Å². The summed E-state index contributed by atoms with van der Waals surface area (Å²) in [5.74, 6) is -0.298. The van der Waals surface area contributed by atoms with Crippen molar-refractivity contribution in [1.82, 2.24) is 20.9 Å². The highest BCUT2D eigenvalue weighted by Crippen LogP contribution is 2.22. The number of ether oxygens (including phenoxy) is 1. The standard InChI is InChI=1S/C29H36N4O6S/c1-4-23-27(36)33-26(20-10-6-5-7-11-20)29(38)39-22(12-8-9-13-40-19(3)34)16-25(35)30-17-21-14-18(2)15-24(31-21)28(37)32-23/h4-8,10-12,14-15,22,26-27,29,33,36,38H,9,13,16-17H2,1-3H3,(H,30,35)(H,32,37)/b12-8+,23-4-/t22-,26+,27?,29?/m1/s1. The zero-order valence-electron chi connectivity index (χ0n) is 22.8. The number of pyridine rings is 1. The van der Waals surface area contributed by atoms with Crippen molar-refractivity contribution in [2.24, 2.45) is 0 Å². The van der Waals surface area contributed by atoms with Crippen LogP contribution in [-0.2, 0) is 20.9 Å². The molecule has 4 atom stereocenters. The van der Waals surface area contributed by atoms with Crippen LogP contribution in [0.25, 0.3) is 0 Å². The maximum Gasteiger partial charge on any atom is 0.274 e. The van der Waals surface area contributed by atoms with Crippen LogP contribution in [0.5, 0.6) is 0 Å². The first-order chi connectivity index (χ1) is 19.2. The van der Waals surface area contributed by atoms with Gasteiger partial charge in [0.1, 0.15) is 11.9 Å². The Labute approximate surface area is 238 Å². The first-order valence-corrected chi connectivity index (χ1v) is 14.0. The number of allylic oxidation sites excluding steroid dienone is 2. The molecule has 2 bridgehead atoms. The average Bonchev–Trinajstić information content (AvgIpc) is 2.92. The summed E-state index contributed by atoms with van der Waals surface area (Å²) in [6, 6.07) is 11.4. The van der Waals surface area contributed by atoms with E-state index in [-0.39, 0.29) is 35.4 Å². The van der Waals surface area contributed by atoms with Gasteiger partial charge in [0, 0.05) is 12.7 Å². The molecular weight excluding hydrogens is 532 g/mol. The fraction of sp³-hybridized carbons (Fsp3) is 0.379. The summed E-state index contributed by atoms with van der Waals surface area (Å²) in [5.41, 5.74) is 2.20. The highest BCUT2D eigenvalue weighted by atomic mass is 32.2. The number of rotatable bonds is 5. The van der Waals surface area contributed by atoms with Crippen molar-refractivity contribution in [2.45, 2.75) is 64.8 Å². The van der Waals surface area contributed by atoms with Crippen LogP contribution in [-0.4, -0.2) is 56.5 Å². The van der Waals surface area contributed by atoms with Gasteiger partial charge in [-0.2, -0.15) is 0 Å². The van der Waals surface area contributed by atoms with Crippen LogP contribution in [0.3, 0.4) is 0 Å². The second-order valence-corrected chi connectivity index (χ2v) is 10.6. The molecule has 0 spiro atoms. The Morgan fingerprint density at radius 3 is 2.65 bits per heavy atom. The van der Waals surface area contributed by atoms with Crippen LogP contribution in [0.1, 0.15) is 60.0 Å². The number of aryl methyl sites for hydroxylation is 1. The number of thioether (sulfide) groups is 1. The lowest BCUT2D eigenvalue weighted by molar-refractivity contribution is -0.153. The van der Waals surface area contributed by atoms with Crippen LogP contribution in [0.4, 0.5) is 0 Å².